The van der Waals surface area contributed by atoms with Gasteiger partial charge in [-0.2, -0.15) is 0 Å². The Hall–Kier alpha value is -2.89. The van der Waals surface area contributed by atoms with Crippen LogP contribution in [-0.4, -0.2) is 16.9 Å². The van der Waals surface area contributed by atoms with E-state index in [0.29, 0.717) is 5.56 Å². The summed E-state index contributed by atoms with van der Waals surface area (Å²) in [5, 5.41) is 14.4. The van der Waals surface area contributed by atoms with Gasteiger partial charge in [0.05, 0.1) is 5.69 Å². The topological polar surface area (TPSA) is 78.4 Å². The van der Waals surface area contributed by atoms with E-state index in [2.05, 4.69) is 10.6 Å². The van der Waals surface area contributed by atoms with Crippen LogP contribution in [0.2, 0.25) is 0 Å². The van der Waals surface area contributed by atoms with Crippen molar-refractivity contribution in [2.75, 3.05) is 5.32 Å². The van der Waals surface area contributed by atoms with Crippen molar-refractivity contribution >= 4 is 17.5 Å². The predicted molar refractivity (Wildman–Crippen MR) is 79.7 cm³/mol. The molecule has 2 amide bonds. The van der Waals surface area contributed by atoms with Crippen molar-refractivity contribution in [2.24, 2.45) is 0 Å². The van der Waals surface area contributed by atoms with Crippen molar-refractivity contribution in [3.63, 3.8) is 0 Å². The molecule has 22 heavy (non-hydrogen) atoms. The first-order valence-corrected chi connectivity index (χ1v) is 6.59. The number of benzene rings is 2. The van der Waals surface area contributed by atoms with Gasteiger partial charge in [0.1, 0.15) is 11.6 Å². The number of nitrogens with one attached hydrogen (secondary N) is 2. The van der Waals surface area contributed by atoms with Crippen LogP contribution in [0.3, 0.4) is 0 Å². The van der Waals surface area contributed by atoms with Crippen molar-refractivity contribution in [2.45, 2.75) is 13.5 Å². The van der Waals surface area contributed by atoms with Gasteiger partial charge in [-0.1, -0.05) is 18.2 Å². The molecule has 0 aliphatic carbocycles. The van der Waals surface area contributed by atoms with E-state index >= 15 is 0 Å². The van der Waals surface area contributed by atoms with Gasteiger partial charge in [-0.25, -0.2) is 4.39 Å². The first-order valence-electron chi connectivity index (χ1n) is 6.59. The van der Waals surface area contributed by atoms with Gasteiger partial charge in [-0.3, -0.25) is 9.59 Å². The minimum atomic E-state index is -0.886. The molecule has 0 aromatic heterocycles. The molecule has 5 nitrogen and oxygen atoms in total. The highest BCUT2D eigenvalue weighted by molar-refractivity contribution is 6.39. The Bertz CT molecular complexity index is 699. The number of hydrogen-bond donors (Lipinski definition) is 3. The lowest BCUT2D eigenvalue weighted by molar-refractivity contribution is -0.136. The molecule has 0 atom stereocenters. The van der Waals surface area contributed by atoms with Gasteiger partial charge in [0.2, 0.25) is 0 Å². The number of aromatic hydroxyl groups is 1. The summed E-state index contributed by atoms with van der Waals surface area (Å²) in [6.07, 6.45) is 0. The van der Waals surface area contributed by atoms with E-state index in [0.717, 1.165) is 5.56 Å². The molecule has 0 saturated carbocycles. The molecular formula is C16H15FN2O3. The van der Waals surface area contributed by atoms with E-state index in [9.17, 15) is 19.1 Å². The fraction of sp³-hybridized carbons (Fsp3) is 0.125. The molecule has 0 bridgehead atoms. The van der Waals surface area contributed by atoms with Gasteiger partial charge in [-0.15, -0.1) is 0 Å². The van der Waals surface area contributed by atoms with E-state index < -0.39 is 11.8 Å². The standard InChI is InChI=1S/C16H15FN2O3/c1-10-2-7-14(20)13(8-10)19-16(22)15(21)18-9-11-3-5-12(17)6-4-11/h2-8,20H,9H2,1H3,(H,18,21)(H,19,22). The number of hydrogen-bond acceptors (Lipinski definition) is 3. The number of aryl methyl sites for hydroxylation is 1. The van der Waals surface area contributed by atoms with Crippen molar-refractivity contribution < 1.29 is 19.1 Å². The summed E-state index contributed by atoms with van der Waals surface area (Å²) < 4.78 is 12.8. The van der Waals surface area contributed by atoms with Gasteiger partial charge in [0.15, 0.2) is 0 Å². The van der Waals surface area contributed by atoms with E-state index in [1.807, 2.05) is 0 Å². The zero-order valence-electron chi connectivity index (χ0n) is 11.9. The Balaban J connectivity index is 1.93. The lowest BCUT2D eigenvalue weighted by Crippen LogP contribution is -2.35. The Kier molecular flexibility index (Phi) is 4.73. The van der Waals surface area contributed by atoms with Crippen LogP contribution in [0.25, 0.3) is 0 Å². The van der Waals surface area contributed by atoms with Crippen LogP contribution in [-0.2, 0) is 16.1 Å². The summed E-state index contributed by atoms with van der Waals surface area (Å²) in [5.41, 5.74) is 1.67. The molecular weight excluding hydrogens is 287 g/mol. The Labute approximate surface area is 126 Å². The summed E-state index contributed by atoms with van der Waals surface area (Å²) in [6.45, 7) is 1.90. The highest BCUT2D eigenvalue weighted by Crippen LogP contribution is 2.23. The Morgan fingerprint density at radius 3 is 2.45 bits per heavy atom. The number of halogens is 1. The van der Waals surface area contributed by atoms with Gasteiger partial charge >= 0.3 is 11.8 Å². The maximum atomic E-state index is 12.8. The molecule has 6 heteroatoms. The molecule has 0 unspecified atom stereocenters. The molecule has 0 spiro atoms. The average molecular weight is 302 g/mol. The molecule has 0 fully saturated rings. The molecule has 0 saturated heterocycles. The second-order valence-corrected chi connectivity index (χ2v) is 4.78. The van der Waals surface area contributed by atoms with Crippen molar-refractivity contribution in [1.82, 2.24) is 5.32 Å². The van der Waals surface area contributed by atoms with Crippen molar-refractivity contribution in [3.05, 3.63) is 59.4 Å². The number of phenolic OH excluding ortho intramolecular Hbond substituents is 1. The van der Waals surface area contributed by atoms with E-state index in [4.69, 9.17) is 0 Å². The van der Waals surface area contributed by atoms with Crippen LogP contribution in [0, 0.1) is 12.7 Å². The third-order valence-corrected chi connectivity index (χ3v) is 2.97. The maximum absolute atomic E-state index is 12.8. The summed E-state index contributed by atoms with van der Waals surface area (Å²) in [5.74, 6) is -2.22. The molecule has 0 aliphatic rings. The number of anilines is 1. The number of rotatable bonds is 3. The van der Waals surface area contributed by atoms with E-state index in [1.54, 1.807) is 19.1 Å². The third-order valence-electron chi connectivity index (χ3n) is 2.97. The van der Waals surface area contributed by atoms with Gasteiger partial charge in [-0.05, 0) is 42.3 Å². The minimum Gasteiger partial charge on any atom is -0.506 e. The quantitative estimate of drug-likeness (QED) is 0.600. The molecule has 2 aromatic carbocycles. The minimum absolute atomic E-state index is 0.104. The van der Waals surface area contributed by atoms with E-state index in [-0.39, 0.29) is 23.8 Å². The largest absolute Gasteiger partial charge is 0.506 e. The third kappa shape index (κ3) is 4.05. The number of amides is 2. The second kappa shape index (κ2) is 6.71. The number of carbonyl (C=O) groups excluding carboxylic acids is 2. The van der Waals surface area contributed by atoms with Crippen LogP contribution in [0.1, 0.15) is 11.1 Å². The Morgan fingerprint density at radius 2 is 1.77 bits per heavy atom. The van der Waals surface area contributed by atoms with Crippen LogP contribution >= 0.6 is 0 Å². The van der Waals surface area contributed by atoms with Gasteiger partial charge in [0, 0.05) is 6.54 Å². The molecule has 114 valence electrons. The fourth-order valence-corrected chi connectivity index (χ4v) is 1.79. The van der Waals surface area contributed by atoms with Crippen LogP contribution in [0.15, 0.2) is 42.5 Å². The lowest BCUT2D eigenvalue weighted by Gasteiger charge is -2.08. The van der Waals surface area contributed by atoms with Crippen molar-refractivity contribution in [1.29, 1.82) is 0 Å². The van der Waals surface area contributed by atoms with Crippen molar-refractivity contribution in [3.8, 4) is 5.75 Å². The fourth-order valence-electron chi connectivity index (χ4n) is 1.79. The first-order chi connectivity index (χ1) is 10.5. The van der Waals surface area contributed by atoms with Crippen LogP contribution in [0.4, 0.5) is 10.1 Å². The maximum Gasteiger partial charge on any atom is 0.313 e. The predicted octanol–water partition coefficient (Wildman–Crippen LogP) is 2.09. The molecule has 3 N–H and O–H groups in total. The number of carbonyl (C=O) groups is 2. The lowest BCUT2D eigenvalue weighted by atomic mass is 10.2. The smallest absolute Gasteiger partial charge is 0.313 e. The SMILES string of the molecule is Cc1ccc(O)c(NC(=O)C(=O)NCc2ccc(F)cc2)c1. The monoisotopic (exact) mass is 302 g/mol. The summed E-state index contributed by atoms with van der Waals surface area (Å²) in [6, 6.07) is 10.2. The highest BCUT2D eigenvalue weighted by Gasteiger charge is 2.15. The number of phenols is 1. The van der Waals surface area contributed by atoms with Gasteiger partial charge in [0.25, 0.3) is 0 Å². The highest BCUT2D eigenvalue weighted by atomic mass is 19.1. The first kappa shape index (κ1) is 15.5. The van der Waals surface area contributed by atoms with Gasteiger partial charge < -0.3 is 15.7 Å². The normalized spacial score (nSPS) is 10.1. The molecule has 2 rings (SSSR count). The zero-order valence-corrected chi connectivity index (χ0v) is 11.9. The molecule has 0 aliphatic heterocycles. The molecule has 0 radical (unpaired) electrons. The zero-order chi connectivity index (χ0) is 16.1. The summed E-state index contributed by atoms with van der Waals surface area (Å²) >= 11 is 0. The molecule has 0 heterocycles. The molecule has 2 aromatic rings. The van der Waals surface area contributed by atoms with Crippen LogP contribution < -0.4 is 10.6 Å². The van der Waals surface area contributed by atoms with E-state index in [1.165, 1.54) is 30.3 Å². The summed E-state index contributed by atoms with van der Waals surface area (Å²) in [4.78, 5) is 23.5. The second-order valence-electron chi connectivity index (χ2n) is 4.78. The summed E-state index contributed by atoms with van der Waals surface area (Å²) in [7, 11) is 0. The average Bonchev–Trinajstić information content (AvgIpc) is 2.50. The van der Waals surface area contributed by atoms with Crippen LogP contribution in [0.5, 0.6) is 5.75 Å². The Morgan fingerprint density at radius 1 is 1.09 bits per heavy atom.